The largest absolute Gasteiger partial charge is 0.369 e. The number of nitro benzene ring substituents is 1. The Bertz CT molecular complexity index is 758. The Balaban J connectivity index is 1.61. The van der Waals surface area contributed by atoms with Crippen LogP contribution in [0.25, 0.3) is 0 Å². The summed E-state index contributed by atoms with van der Waals surface area (Å²) in [6.07, 6.45) is 0. The highest BCUT2D eigenvalue weighted by molar-refractivity contribution is 5.51. The Morgan fingerprint density at radius 2 is 1.77 bits per heavy atom. The maximum absolute atomic E-state index is 10.8. The van der Waals surface area contributed by atoms with E-state index in [2.05, 4.69) is 47.6 Å². The number of rotatable bonds is 4. The lowest BCUT2D eigenvalue weighted by molar-refractivity contribution is -0.384. The van der Waals surface area contributed by atoms with Crippen LogP contribution in [-0.2, 0) is 5.41 Å². The maximum Gasteiger partial charge on any atom is 0.269 e. The van der Waals surface area contributed by atoms with Gasteiger partial charge in [-0.05, 0) is 19.1 Å². The van der Waals surface area contributed by atoms with Gasteiger partial charge in [-0.25, -0.2) is 0 Å². The molecule has 1 atom stereocenters. The first kappa shape index (κ1) is 18.3. The summed E-state index contributed by atoms with van der Waals surface area (Å²) in [6, 6.07) is 6.79. The highest BCUT2D eigenvalue weighted by atomic mass is 16.6. The quantitative estimate of drug-likeness (QED) is 0.612. The average molecular weight is 359 g/mol. The van der Waals surface area contributed by atoms with E-state index in [4.69, 9.17) is 4.52 Å². The zero-order chi connectivity index (χ0) is 18.9. The minimum atomic E-state index is -0.375. The Hall–Kier alpha value is -2.48. The fraction of sp³-hybridized carbons (Fsp3) is 0.556. The molecule has 3 rings (SSSR count). The summed E-state index contributed by atoms with van der Waals surface area (Å²) in [7, 11) is 0. The molecular weight excluding hydrogens is 334 g/mol. The van der Waals surface area contributed by atoms with Gasteiger partial charge in [0.2, 0.25) is 5.89 Å². The molecule has 0 N–H and O–H groups in total. The molecule has 1 saturated heterocycles. The topological polar surface area (TPSA) is 88.5 Å². The zero-order valence-corrected chi connectivity index (χ0v) is 15.7. The summed E-state index contributed by atoms with van der Waals surface area (Å²) in [4.78, 5) is 19.5. The molecule has 1 fully saturated rings. The van der Waals surface area contributed by atoms with E-state index in [1.54, 1.807) is 12.1 Å². The third-order valence-electron chi connectivity index (χ3n) is 4.76. The van der Waals surface area contributed by atoms with Crippen LogP contribution in [0.1, 0.15) is 45.5 Å². The number of hydrogen-bond donors (Lipinski definition) is 0. The van der Waals surface area contributed by atoms with Gasteiger partial charge < -0.3 is 9.42 Å². The Morgan fingerprint density at radius 1 is 1.15 bits per heavy atom. The fourth-order valence-corrected chi connectivity index (χ4v) is 3.02. The standard InChI is InChI=1S/C18H25N5O3/c1-13(16-19-17(20-26-16)18(2,3)4)21-9-11-22(12-10-21)14-5-7-15(8-6-14)23(24)25/h5-8,13H,9-12H2,1-4H3/t13-/m1/s1. The second-order valence-corrected chi connectivity index (χ2v) is 7.68. The molecule has 0 aliphatic carbocycles. The molecule has 8 heteroatoms. The summed E-state index contributed by atoms with van der Waals surface area (Å²) in [5.74, 6) is 1.38. The van der Waals surface area contributed by atoms with Crippen LogP contribution >= 0.6 is 0 Å². The number of nitro groups is 1. The van der Waals surface area contributed by atoms with Crippen LogP contribution in [0.3, 0.4) is 0 Å². The molecule has 0 amide bonds. The molecule has 1 aliphatic heterocycles. The number of anilines is 1. The SMILES string of the molecule is C[C@H](c1nc(C(C)(C)C)no1)N1CCN(c2ccc([N+](=O)[O-])cc2)CC1. The van der Waals surface area contributed by atoms with Crippen LogP contribution < -0.4 is 4.90 Å². The van der Waals surface area contributed by atoms with Crippen molar-refractivity contribution in [3.05, 3.63) is 46.1 Å². The molecule has 26 heavy (non-hydrogen) atoms. The summed E-state index contributed by atoms with van der Waals surface area (Å²) < 4.78 is 5.47. The summed E-state index contributed by atoms with van der Waals surface area (Å²) >= 11 is 0. The van der Waals surface area contributed by atoms with Crippen molar-refractivity contribution in [2.75, 3.05) is 31.1 Å². The molecule has 8 nitrogen and oxygen atoms in total. The van der Waals surface area contributed by atoms with Gasteiger partial charge in [0.05, 0.1) is 11.0 Å². The highest BCUT2D eigenvalue weighted by Gasteiger charge is 2.28. The molecule has 1 aromatic carbocycles. The zero-order valence-electron chi connectivity index (χ0n) is 15.7. The van der Waals surface area contributed by atoms with E-state index in [0.29, 0.717) is 5.89 Å². The first-order valence-corrected chi connectivity index (χ1v) is 8.83. The number of aromatic nitrogens is 2. The predicted molar refractivity (Wildman–Crippen MR) is 98.3 cm³/mol. The van der Waals surface area contributed by atoms with Crippen molar-refractivity contribution in [2.45, 2.75) is 39.2 Å². The van der Waals surface area contributed by atoms with Gasteiger partial charge in [0.1, 0.15) is 0 Å². The van der Waals surface area contributed by atoms with Gasteiger partial charge in [0, 0.05) is 49.4 Å². The minimum Gasteiger partial charge on any atom is -0.369 e. The van der Waals surface area contributed by atoms with Crippen molar-refractivity contribution in [3.63, 3.8) is 0 Å². The lowest BCUT2D eigenvalue weighted by Gasteiger charge is -2.38. The van der Waals surface area contributed by atoms with Crippen LogP contribution in [0.5, 0.6) is 0 Å². The van der Waals surface area contributed by atoms with E-state index in [1.165, 1.54) is 0 Å². The van der Waals surface area contributed by atoms with Crippen LogP contribution in [0.2, 0.25) is 0 Å². The molecule has 2 heterocycles. The second-order valence-electron chi connectivity index (χ2n) is 7.68. The third-order valence-corrected chi connectivity index (χ3v) is 4.76. The molecule has 0 saturated carbocycles. The number of piperazine rings is 1. The Morgan fingerprint density at radius 3 is 2.27 bits per heavy atom. The summed E-state index contributed by atoms with van der Waals surface area (Å²) in [5, 5.41) is 14.9. The Kier molecular flexibility index (Phi) is 4.95. The van der Waals surface area contributed by atoms with Crippen LogP contribution in [0.15, 0.2) is 28.8 Å². The molecule has 0 unspecified atom stereocenters. The van der Waals surface area contributed by atoms with E-state index < -0.39 is 0 Å². The van der Waals surface area contributed by atoms with Gasteiger partial charge in [-0.3, -0.25) is 15.0 Å². The normalized spacial score (nSPS) is 17.3. The number of nitrogens with zero attached hydrogens (tertiary/aromatic N) is 5. The predicted octanol–water partition coefficient (Wildman–Crippen LogP) is 3.16. The second kappa shape index (κ2) is 7.03. The lowest BCUT2D eigenvalue weighted by atomic mass is 9.96. The maximum atomic E-state index is 10.8. The lowest BCUT2D eigenvalue weighted by Crippen LogP contribution is -2.47. The Labute approximate surface area is 152 Å². The van der Waals surface area contributed by atoms with Crippen molar-refractivity contribution >= 4 is 11.4 Å². The fourth-order valence-electron chi connectivity index (χ4n) is 3.02. The first-order valence-electron chi connectivity index (χ1n) is 8.83. The molecule has 0 radical (unpaired) electrons. The third kappa shape index (κ3) is 3.85. The summed E-state index contributed by atoms with van der Waals surface area (Å²) in [6.45, 7) is 11.7. The molecule has 2 aromatic rings. The molecule has 0 spiro atoms. The number of non-ortho nitro benzene ring substituents is 1. The van der Waals surface area contributed by atoms with E-state index in [-0.39, 0.29) is 22.1 Å². The van der Waals surface area contributed by atoms with Crippen molar-refractivity contribution in [2.24, 2.45) is 0 Å². The van der Waals surface area contributed by atoms with Gasteiger partial charge in [0.15, 0.2) is 5.82 Å². The van der Waals surface area contributed by atoms with E-state index in [0.717, 1.165) is 37.7 Å². The van der Waals surface area contributed by atoms with Gasteiger partial charge >= 0.3 is 0 Å². The van der Waals surface area contributed by atoms with Crippen LogP contribution in [0.4, 0.5) is 11.4 Å². The molecular formula is C18H25N5O3. The van der Waals surface area contributed by atoms with Gasteiger partial charge in [-0.1, -0.05) is 25.9 Å². The van der Waals surface area contributed by atoms with Crippen molar-refractivity contribution < 1.29 is 9.45 Å². The van der Waals surface area contributed by atoms with Crippen molar-refractivity contribution in [1.29, 1.82) is 0 Å². The monoisotopic (exact) mass is 359 g/mol. The van der Waals surface area contributed by atoms with Gasteiger partial charge in [0.25, 0.3) is 5.69 Å². The molecule has 1 aromatic heterocycles. The van der Waals surface area contributed by atoms with E-state index >= 15 is 0 Å². The van der Waals surface area contributed by atoms with E-state index in [1.807, 2.05) is 12.1 Å². The smallest absolute Gasteiger partial charge is 0.269 e. The molecule has 0 bridgehead atoms. The van der Waals surface area contributed by atoms with Gasteiger partial charge in [-0.2, -0.15) is 4.98 Å². The van der Waals surface area contributed by atoms with Crippen molar-refractivity contribution in [3.8, 4) is 0 Å². The van der Waals surface area contributed by atoms with Gasteiger partial charge in [-0.15, -0.1) is 0 Å². The van der Waals surface area contributed by atoms with E-state index in [9.17, 15) is 10.1 Å². The molecule has 1 aliphatic rings. The van der Waals surface area contributed by atoms with Crippen molar-refractivity contribution in [1.82, 2.24) is 15.0 Å². The number of benzene rings is 1. The van der Waals surface area contributed by atoms with Crippen LogP contribution in [0, 0.1) is 10.1 Å². The molecule has 140 valence electrons. The van der Waals surface area contributed by atoms with Crippen LogP contribution in [-0.4, -0.2) is 46.1 Å². The highest BCUT2D eigenvalue weighted by Crippen LogP contribution is 2.26. The summed E-state index contributed by atoms with van der Waals surface area (Å²) in [5.41, 5.74) is 0.999. The first-order chi connectivity index (χ1) is 12.3. The minimum absolute atomic E-state index is 0.0672. The average Bonchev–Trinajstić information content (AvgIpc) is 3.12. The number of hydrogen-bond acceptors (Lipinski definition) is 7.